The van der Waals surface area contributed by atoms with Crippen molar-refractivity contribution >= 4 is 17.5 Å². The molecule has 5 heteroatoms. The van der Waals surface area contributed by atoms with Crippen molar-refractivity contribution in [1.82, 2.24) is 10.2 Å². The van der Waals surface area contributed by atoms with E-state index in [2.05, 4.69) is 28.4 Å². The summed E-state index contributed by atoms with van der Waals surface area (Å²) in [5, 5.41) is 3.10. The first kappa shape index (κ1) is 21.6. The maximum Gasteiger partial charge on any atom is 0.227 e. The number of carbonyl (C=O) groups is 2. The van der Waals surface area contributed by atoms with Crippen LogP contribution in [0.1, 0.15) is 47.9 Å². The highest BCUT2D eigenvalue weighted by atomic mass is 16.2. The normalized spacial score (nSPS) is 19.6. The van der Waals surface area contributed by atoms with Gasteiger partial charge in [-0.2, -0.15) is 0 Å². The fourth-order valence-corrected chi connectivity index (χ4v) is 4.71. The second kappa shape index (κ2) is 9.65. The van der Waals surface area contributed by atoms with Gasteiger partial charge in [-0.3, -0.25) is 14.5 Å². The number of piperidine rings is 1. The molecule has 1 atom stereocenters. The van der Waals surface area contributed by atoms with E-state index >= 15 is 0 Å². The molecule has 2 amide bonds. The number of hydrogen-bond acceptors (Lipinski definition) is 3. The van der Waals surface area contributed by atoms with E-state index in [-0.39, 0.29) is 24.2 Å². The quantitative estimate of drug-likeness (QED) is 0.771. The van der Waals surface area contributed by atoms with Gasteiger partial charge in [0.2, 0.25) is 11.8 Å². The molecule has 1 N–H and O–H groups in total. The van der Waals surface area contributed by atoms with Gasteiger partial charge in [0.05, 0.1) is 5.92 Å². The largest absolute Gasteiger partial charge is 0.352 e. The second-order valence-electron chi connectivity index (χ2n) is 8.95. The summed E-state index contributed by atoms with van der Waals surface area (Å²) in [6.07, 6.45) is 4.14. The van der Waals surface area contributed by atoms with Crippen molar-refractivity contribution in [2.75, 3.05) is 24.5 Å². The summed E-state index contributed by atoms with van der Waals surface area (Å²) in [6, 6.07) is 14.4. The molecule has 0 saturated carbocycles. The standard InChI is InChI=1S/C26H33N3O2/c1-19-9-8-12-24(20(19)2)29-18-23(15-25(29)30)26(31)27-16-21-10-4-5-11-22(21)17-28-13-6-3-7-14-28/h4-5,8-12,23H,3,6-7,13-18H2,1-2H3,(H,27,31). The van der Waals surface area contributed by atoms with Crippen LogP contribution in [-0.4, -0.2) is 36.3 Å². The van der Waals surface area contributed by atoms with Gasteiger partial charge in [0.1, 0.15) is 0 Å². The van der Waals surface area contributed by atoms with Crippen molar-refractivity contribution in [1.29, 1.82) is 0 Å². The molecule has 5 nitrogen and oxygen atoms in total. The Bertz CT molecular complexity index is 949. The number of nitrogens with one attached hydrogen (secondary N) is 1. The summed E-state index contributed by atoms with van der Waals surface area (Å²) in [7, 11) is 0. The van der Waals surface area contributed by atoms with Crippen LogP contribution in [0.15, 0.2) is 42.5 Å². The van der Waals surface area contributed by atoms with E-state index in [0.29, 0.717) is 13.1 Å². The lowest BCUT2D eigenvalue weighted by molar-refractivity contribution is -0.126. The molecule has 2 aliphatic rings. The third kappa shape index (κ3) is 4.99. The fraction of sp³-hybridized carbons (Fsp3) is 0.462. The Hall–Kier alpha value is -2.66. The summed E-state index contributed by atoms with van der Waals surface area (Å²) in [5.74, 6) is -0.310. The molecule has 2 aliphatic heterocycles. The number of anilines is 1. The monoisotopic (exact) mass is 419 g/mol. The Morgan fingerprint density at radius 3 is 2.52 bits per heavy atom. The Labute approximate surface area is 185 Å². The highest BCUT2D eigenvalue weighted by Crippen LogP contribution is 2.29. The molecule has 0 radical (unpaired) electrons. The van der Waals surface area contributed by atoms with Gasteiger partial charge in [-0.25, -0.2) is 0 Å². The van der Waals surface area contributed by atoms with Crippen molar-refractivity contribution < 1.29 is 9.59 Å². The number of nitrogens with zero attached hydrogens (tertiary/aromatic N) is 2. The van der Waals surface area contributed by atoms with Gasteiger partial charge in [-0.15, -0.1) is 0 Å². The van der Waals surface area contributed by atoms with Crippen molar-refractivity contribution in [3.63, 3.8) is 0 Å². The topological polar surface area (TPSA) is 52.7 Å². The molecule has 164 valence electrons. The van der Waals surface area contributed by atoms with Crippen LogP contribution >= 0.6 is 0 Å². The van der Waals surface area contributed by atoms with E-state index in [1.54, 1.807) is 4.90 Å². The van der Waals surface area contributed by atoms with Crippen molar-refractivity contribution in [2.24, 2.45) is 5.92 Å². The smallest absolute Gasteiger partial charge is 0.227 e. The highest BCUT2D eigenvalue weighted by Gasteiger charge is 2.35. The number of benzene rings is 2. The lowest BCUT2D eigenvalue weighted by atomic mass is 10.0. The number of aryl methyl sites for hydroxylation is 1. The molecule has 1 unspecified atom stereocenters. The van der Waals surface area contributed by atoms with Crippen LogP contribution in [0.4, 0.5) is 5.69 Å². The minimum absolute atomic E-state index is 0.0272. The van der Waals surface area contributed by atoms with Crippen LogP contribution in [0.3, 0.4) is 0 Å². The van der Waals surface area contributed by atoms with E-state index in [9.17, 15) is 9.59 Å². The van der Waals surface area contributed by atoms with Gasteiger partial charge >= 0.3 is 0 Å². The van der Waals surface area contributed by atoms with Gasteiger partial charge in [-0.05, 0) is 68.1 Å². The molecule has 0 aliphatic carbocycles. The molecule has 0 aromatic heterocycles. The summed E-state index contributed by atoms with van der Waals surface area (Å²) in [4.78, 5) is 29.8. The second-order valence-corrected chi connectivity index (χ2v) is 8.95. The lowest BCUT2D eigenvalue weighted by Gasteiger charge is -2.27. The summed E-state index contributed by atoms with van der Waals surface area (Å²) in [5.41, 5.74) is 5.63. The van der Waals surface area contributed by atoms with Crippen molar-refractivity contribution in [3.05, 3.63) is 64.7 Å². The molecule has 2 aromatic carbocycles. The molecular weight excluding hydrogens is 386 g/mol. The number of rotatable bonds is 6. The van der Waals surface area contributed by atoms with Gasteiger partial charge in [0.15, 0.2) is 0 Å². The van der Waals surface area contributed by atoms with Crippen LogP contribution < -0.4 is 10.2 Å². The third-order valence-electron chi connectivity index (χ3n) is 6.78. The van der Waals surface area contributed by atoms with Crippen LogP contribution in [0, 0.1) is 19.8 Å². The molecule has 4 rings (SSSR count). The van der Waals surface area contributed by atoms with E-state index in [0.717, 1.165) is 42.0 Å². The minimum Gasteiger partial charge on any atom is -0.352 e. The third-order valence-corrected chi connectivity index (χ3v) is 6.78. The van der Waals surface area contributed by atoms with Crippen molar-refractivity contribution in [2.45, 2.75) is 52.6 Å². The van der Waals surface area contributed by atoms with Gasteiger partial charge in [-0.1, -0.05) is 42.8 Å². The van der Waals surface area contributed by atoms with Crippen LogP contribution in [-0.2, 0) is 22.7 Å². The maximum absolute atomic E-state index is 12.9. The van der Waals surface area contributed by atoms with E-state index in [1.807, 2.05) is 38.1 Å². The Morgan fingerprint density at radius 1 is 1.00 bits per heavy atom. The minimum atomic E-state index is -0.304. The van der Waals surface area contributed by atoms with E-state index in [1.165, 1.54) is 24.8 Å². The highest BCUT2D eigenvalue weighted by molar-refractivity contribution is 6.00. The molecule has 31 heavy (non-hydrogen) atoms. The lowest BCUT2D eigenvalue weighted by Crippen LogP contribution is -2.33. The van der Waals surface area contributed by atoms with Gasteiger partial charge in [0, 0.05) is 31.7 Å². The number of amides is 2. The molecule has 0 bridgehead atoms. The zero-order valence-corrected chi connectivity index (χ0v) is 18.7. The Balaban J connectivity index is 1.37. The SMILES string of the molecule is Cc1cccc(N2CC(C(=O)NCc3ccccc3CN3CCCCC3)CC2=O)c1C. The molecule has 2 heterocycles. The molecular formula is C26H33N3O2. The number of likely N-dealkylation sites (tertiary alicyclic amines) is 1. The predicted octanol–water partition coefficient (Wildman–Crippen LogP) is 3.96. The zero-order chi connectivity index (χ0) is 21.8. The summed E-state index contributed by atoms with van der Waals surface area (Å²) >= 11 is 0. The first-order chi connectivity index (χ1) is 15.0. The Kier molecular flexibility index (Phi) is 6.71. The maximum atomic E-state index is 12.9. The zero-order valence-electron chi connectivity index (χ0n) is 18.7. The molecule has 2 aromatic rings. The Morgan fingerprint density at radius 2 is 1.74 bits per heavy atom. The van der Waals surface area contributed by atoms with Gasteiger partial charge < -0.3 is 10.2 Å². The van der Waals surface area contributed by atoms with E-state index < -0.39 is 0 Å². The number of hydrogen-bond donors (Lipinski definition) is 1. The van der Waals surface area contributed by atoms with Crippen molar-refractivity contribution in [3.8, 4) is 0 Å². The first-order valence-corrected chi connectivity index (χ1v) is 11.5. The number of carbonyl (C=O) groups excluding carboxylic acids is 2. The fourth-order valence-electron chi connectivity index (χ4n) is 4.71. The summed E-state index contributed by atoms with van der Waals surface area (Å²) in [6.45, 7) is 8.28. The average Bonchev–Trinajstić information content (AvgIpc) is 3.17. The van der Waals surface area contributed by atoms with E-state index in [4.69, 9.17) is 0 Å². The molecule has 0 spiro atoms. The van der Waals surface area contributed by atoms with Crippen LogP contribution in [0.2, 0.25) is 0 Å². The summed E-state index contributed by atoms with van der Waals surface area (Å²) < 4.78 is 0. The van der Waals surface area contributed by atoms with Gasteiger partial charge in [0.25, 0.3) is 0 Å². The van der Waals surface area contributed by atoms with Crippen LogP contribution in [0.25, 0.3) is 0 Å². The van der Waals surface area contributed by atoms with Crippen LogP contribution in [0.5, 0.6) is 0 Å². The average molecular weight is 420 g/mol. The predicted molar refractivity (Wildman–Crippen MR) is 124 cm³/mol. The molecule has 2 fully saturated rings. The molecule has 2 saturated heterocycles. The first-order valence-electron chi connectivity index (χ1n) is 11.5.